The molecule has 0 spiro atoms. The zero-order valence-corrected chi connectivity index (χ0v) is 13.0. The number of nitrogens with one attached hydrogen (secondary N) is 2. The molecule has 6 heteroatoms. The average Bonchev–Trinajstić information content (AvgIpc) is 2.77. The van der Waals surface area contributed by atoms with Gasteiger partial charge in [-0.1, -0.05) is 30.3 Å². The summed E-state index contributed by atoms with van der Waals surface area (Å²) in [5.74, 6) is 0.399. The molecule has 0 aliphatic carbocycles. The van der Waals surface area contributed by atoms with E-state index in [1.807, 2.05) is 36.4 Å². The van der Waals surface area contributed by atoms with E-state index in [1.54, 1.807) is 0 Å². The highest BCUT2D eigenvalue weighted by Gasteiger charge is 2.28. The van der Waals surface area contributed by atoms with E-state index in [1.165, 1.54) is 5.39 Å². The van der Waals surface area contributed by atoms with Crippen LogP contribution in [0.3, 0.4) is 0 Å². The van der Waals surface area contributed by atoms with E-state index in [0.29, 0.717) is 11.5 Å². The van der Waals surface area contributed by atoms with E-state index in [-0.39, 0.29) is 17.5 Å². The Kier molecular flexibility index (Phi) is 3.82. The SMILES string of the molecule is O=S1(=O)CC[C@@H](NC(=S)Nc2ccc3ccccc3c2)C1. The van der Waals surface area contributed by atoms with Gasteiger partial charge in [0.1, 0.15) is 0 Å². The molecule has 2 aromatic rings. The highest BCUT2D eigenvalue weighted by Crippen LogP contribution is 2.19. The van der Waals surface area contributed by atoms with E-state index in [0.717, 1.165) is 11.1 Å². The van der Waals surface area contributed by atoms with E-state index in [2.05, 4.69) is 16.7 Å². The number of hydrogen-bond acceptors (Lipinski definition) is 3. The molecule has 1 aliphatic rings. The Labute approximate surface area is 129 Å². The summed E-state index contributed by atoms with van der Waals surface area (Å²) in [7, 11) is -2.89. The van der Waals surface area contributed by atoms with Crippen molar-refractivity contribution in [3.05, 3.63) is 42.5 Å². The lowest BCUT2D eigenvalue weighted by Gasteiger charge is -2.15. The predicted octanol–water partition coefficient (Wildman–Crippen LogP) is 2.31. The lowest BCUT2D eigenvalue weighted by atomic mass is 10.1. The van der Waals surface area contributed by atoms with Gasteiger partial charge >= 0.3 is 0 Å². The molecule has 0 saturated carbocycles. The maximum Gasteiger partial charge on any atom is 0.171 e. The second kappa shape index (κ2) is 5.61. The summed E-state index contributed by atoms with van der Waals surface area (Å²) < 4.78 is 22.8. The summed E-state index contributed by atoms with van der Waals surface area (Å²) in [6.45, 7) is 0. The lowest BCUT2D eigenvalue weighted by Crippen LogP contribution is -2.38. The van der Waals surface area contributed by atoms with Crippen molar-refractivity contribution in [1.82, 2.24) is 5.32 Å². The van der Waals surface area contributed by atoms with Crippen LogP contribution in [0.25, 0.3) is 10.8 Å². The Morgan fingerprint density at radius 2 is 1.90 bits per heavy atom. The van der Waals surface area contributed by atoms with Crippen LogP contribution in [0.5, 0.6) is 0 Å². The molecule has 0 unspecified atom stereocenters. The van der Waals surface area contributed by atoms with Gasteiger partial charge in [0.25, 0.3) is 0 Å². The number of benzene rings is 2. The van der Waals surface area contributed by atoms with Crippen LogP contribution in [0.15, 0.2) is 42.5 Å². The molecule has 3 rings (SSSR count). The molecule has 0 aromatic heterocycles. The zero-order valence-electron chi connectivity index (χ0n) is 11.4. The smallest absolute Gasteiger partial charge is 0.171 e. The van der Waals surface area contributed by atoms with Crippen LogP contribution in [0.1, 0.15) is 6.42 Å². The average molecular weight is 320 g/mol. The first-order valence-corrected chi connectivity index (χ1v) is 9.01. The third-order valence-electron chi connectivity index (χ3n) is 3.57. The molecule has 1 atom stereocenters. The van der Waals surface area contributed by atoms with Crippen molar-refractivity contribution in [2.45, 2.75) is 12.5 Å². The molecular weight excluding hydrogens is 304 g/mol. The molecular formula is C15H16N2O2S2. The minimum Gasteiger partial charge on any atom is -0.359 e. The Morgan fingerprint density at radius 3 is 2.62 bits per heavy atom. The normalized spacial score (nSPS) is 20.3. The summed E-state index contributed by atoms with van der Waals surface area (Å²) in [6, 6.07) is 14.0. The molecule has 0 amide bonds. The topological polar surface area (TPSA) is 58.2 Å². The van der Waals surface area contributed by atoms with Gasteiger partial charge in [-0.3, -0.25) is 0 Å². The molecule has 21 heavy (non-hydrogen) atoms. The largest absolute Gasteiger partial charge is 0.359 e. The Bertz CT molecular complexity index is 787. The molecule has 1 aliphatic heterocycles. The number of anilines is 1. The highest BCUT2D eigenvalue weighted by molar-refractivity contribution is 7.91. The molecule has 2 N–H and O–H groups in total. The summed E-state index contributed by atoms with van der Waals surface area (Å²) in [5, 5.41) is 8.95. The first kappa shape index (κ1) is 14.3. The summed E-state index contributed by atoms with van der Waals surface area (Å²) in [4.78, 5) is 0. The van der Waals surface area contributed by atoms with Crippen molar-refractivity contribution in [3.8, 4) is 0 Å². The van der Waals surface area contributed by atoms with Gasteiger partial charge in [0.05, 0.1) is 11.5 Å². The van der Waals surface area contributed by atoms with Crippen molar-refractivity contribution in [3.63, 3.8) is 0 Å². The maximum absolute atomic E-state index is 11.4. The number of hydrogen-bond donors (Lipinski definition) is 2. The van der Waals surface area contributed by atoms with Crippen molar-refractivity contribution in [2.75, 3.05) is 16.8 Å². The molecule has 1 fully saturated rings. The Balaban J connectivity index is 1.66. The maximum atomic E-state index is 11.4. The first-order chi connectivity index (χ1) is 10.0. The van der Waals surface area contributed by atoms with Crippen molar-refractivity contribution in [2.24, 2.45) is 0 Å². The minimum atomic E-state index is -2.89. The molecule has 1 heterocycles. The van der Waals surface area contributed by atoms with Gasteiger partial charge < -0.3 is 10.6 Å². The van der Waals surface area contributed by atoms with Crippen LogP contribution in [-0.4, -0.2) is 31.1 Å². The van der Waals surface area contributed by atoms with Crippen LogP contribution < -0.4 is 10.6 Å². The third kappa shape index (κ3) is 3.51. The lowest BCUT2D eigenvalue weighted by molar-refractivity contribution is 0.600. The fourth-order valence-corrected chi connectivity index (χ4v) is 4.49. The molecule has 0 radical (unpaired) electrons. The molecule has 2 aromatic carbocycles. The van der Waals surface area contributed by atoms with Gasteiger partial charge in [0.2, 0.25) is 0 Å². The molecule has 0 bridgehead atoms. The fourth-order valence-electron chi connectivity index (χ4n) is 2.53. The number of sulfone groups is 1. The summed E-state index contributed by atoms with van der Waals surface area (Å²) in [5.41, 5.74) is 0.895. The van der Waals surface area contributed by atoms with Gasteiger partial charge in [-0.2, -0.15) is 0 Å². The Hall–Kier alpha value is -1.66. The van der Waals surface area contributed by atoms with Crippen molar-refractivity contribution < 1.29 is 8.42 Å². The van der Waals surface area contributed by atoms with Crippen molar-refractivity contribution in [1.29, 1.82) is 0 Å². The third-order valence-corrected chi connectivity index (χ3v) is 5.56. The van der Waals surface area contributed by atoms with E-state index >= 15 is 0 Å². The van der Waals surface area contributed by atoms with E-state index in [4.69, 9.17) is 12.2 Å². The van der Waals surface area contributed by atoms with Crippen LogP contribution in [0, 0.1) is 0 Å². The number of rotatable bonds is 2. The quantitative estimate of drug-likeness (QED) is 0.832. The van der Waals surface area contributed by atoms with Gasteiger partial charge in [0.15, 0.2) is 14.9 Å². The van der Waals surface area contributed by atoms with E-state index < -0.39 is 9.84 Å². The molecule has 110 valence electrons. The van der Waals surface area contributed by atoms with Crippen LogP contribution in [0.2, 0.25) is 0 Å². The summed E-state index contributed by atoms with van der Waals surface area (Å²) >= 11 is 5.25. The summed E-state index contributed by atoms with van der Waals surface area (Å²) in [6.07, 6.45) is 0.613. The van der Waals surface area contributed by atoms with Crippen LogP contribution in [0.4, 0.5) is 5.69 Å². The van der Waals surface area contributed by atoms with Crippen LogP contribution in [-0.2, 0) is 9.84 Å². The van der Waals surface area contributed by atoms with E-state index in [9.17, 15) is 8.42 Å². The zero-order chi connectivity index (χ0) is 14.9. The number of fused-ring (bicyclic) bond motifs is 1. The Morgan fingerprint density at radius 1 is 1.14 bits per heavy atom. The minimum absolute atomic E-state index is 0.0875. The van der Waals surface area contributed by atoms with Crippen LogP contribution >= 0.6 is 12.2 Å². The predicted molar refractivity (Wildman–Crippen MR) is 90.4 cm³/mol. The molecule has 4 nitrogen and oxygen atoms in total. The van der Waals surface area contributed by atoms with Gasteiger partial charge in [0, 0.05) is 11.7 Å². The van der Waals surface area contributed by atoms with Gasteiger partial charge in [-0.05, 0) is 41.5 Å². The second-order valence-electron chi connectivity index (χ2n) is 5.26. The molecule has 1 saturated heterocycles. The monoisotopic (exact) mass is 320 g/mol. The second-order valence-corrected chi connectivity index (χ2v) is 7.90. The van der Waals surface area contributed by atoms with Crippen molar-refractivity contribution >= 4 is 43.6 Å². The highest BCUT2D eigenvalue weighted by atomic mass is 32.2. The standard InChI is InChI=1S/C15H16N2O2S2/c18-21(19)8-7-14(10-21)17-15(20)16-13-6-5-11-3-1-2-4-12(11)9-13/h1-6,9,14H,7-8,10H2,(H2,16,17,20)/t14-/m1/s1. The number of thiocarbonyl (C=S) groups is 1. The fraction of sp³-hybridized carbons (Fsp3) is 0.267. The van der Waals surface area contributed by atoms with Gasteiger partial charge in [-0.15, -0.1) is 0 Å². The van der Waals surface area contributed by atoms with Gasteiger partial charge in [-0.25, -0.2) is 8.42 Å². The first-order valence-electron chi connectivity index (χ1n) is 6.79.